The first-order valence-electron chi connectivity index (χ1n) is 12.2. The molecule has 0 saturated carbocycles. The van der Waals surface area contributed by atoms with Crippen LogP contribution in [0.1, 0.15) is 54.9 Å². The van der Waals surface area contributed by atoms with Crippen LogP contribution in [0.4, 0.5) is 5.69 Å². The van der Waals surface area contributed by atoms with Crippen LogP contribution in [-0.2, 0) is 16.6 Å². The molecule has 0 radical (unpaired) electrons. The second-order valence-electron chi connectivity index (χ2n) is 9.38. The van der Waals surface area contributed by atoms with Crippen molar-refractivity contribution in [3.8, 4) is 5.75 Å². The Morgan fingerprint density at radius 1 is 1.00 bits per heavy atom. The van der Waals surface area contributed by atoms with Crippen LogP contribution in [0.25, 0.3) is 0 Å². The highest BCUT2D eigenvalue weighted by atomic mass is 32.2. The number of piperidine rings is 2. The molecule has 0 atom stereocenters. The van der Waals surface area contributed by atoms with E-state index in [-0.39, 0.29) is 22.9 Å². The van der Waals surface area contributed by atoms with Crippen molar-refractivity contribution in [3.63, 3.8) is 0 Å². The molecule has 0 aliphatic carbocycles. The average molecular weight is 486 g/mol. The molecule has 184 valence electrons. The smallest absolute Gasteiger partial charge is 0.257 e. The van der Waals surface area contributed by atoms with Gasteiger partial charge >= 0.3 is 0 Å². The van der Waals surface area contributed by atoms with Gasteiger partial charge in [-0.15, -0.1) is 0 Å². The molecule has 2 fully saturated rings. The van der Waals surface area contributed by atoms with Crippen LogP contribution in [0, 0.1) is 5.92 Å². The summed E-state index contributed by atoms with van der Waals surface area (Å²) in [5.74, 6) is 0.792. The van der Waals surface area contributed by atoms with Crippen LogP contribution in [0.15, 0.2) is 47.4 Å². The minimum Gasteiger partial charge on any atom is -0.496 e. The summed E-state index contributed by atoms with van der Waals surface area (Å²) < 4.78 is 34.1. The number of anilines is 1. The number of nitrogens with zero attached hydrogens (tertiary/aromatic N) is 2. The maximum Gasteiger partial charge on any atom is 0.257 e. The van der Waals surface area contributed by atoms with Crippen LogP contribution < -0.4 is 14.4 Å². The summed E-state index contributed by atoms with van der Waals surface area (Å²) in [6.07, 6.45) is 5.61. The largest absolute Gasteiger partial charge is 0.496 e. The van der Waals surface area contributed by atoms with Gasteiger partial charge in [0.25, 0.3) is 5.91 Å². The first kappa shape index (κ1) is 24.5. The first-order chi connectivity index (χ1) is 16.4. The Morgan fingerprint density at radius 2 is 1.68 bits per heavy atom. The molecule has 7 nitrogen and oxygen atoms in total. The standard InChI is InChI=1S/C26H35N3O4S/c1-20-12-16-29(17-13-20)26(30)24-18-23(10-11-25(24)33-2)34(31,32)27-19-21-6-8-22(9-7-21)28-14-4-3-5-15-28/h6-11,18,20,27H,3-5,12-17,19H2,1-2H3. The van der Waals surface area contributed by atoms with Crippen molar-refractivity contribution in [3.05, 3.63) is 53.6 Å². The number of sulfonamides is 1. The zero-order valence-corrected chi connectivity index (χ0v) is 20.9. The summed E-state index contributed by atoms with van der Waals surface area (Å²) in [7, 11) is -2.31. The van der Waals surface area contributed by atoms with Gasteiger partial charge in [-0.05, 0) is 73.9 Å². The predicted molar refractivity (Wildman–Crippen MR) is 134 cm³/mol. The van der Waals surface area contributed by atoms with Crippen LogP contribution in [0.5, 0.6) is 5.75 Å². The van der Waals surface area contributed by atoms with Gasteiger partial charge in [0.15, 0.2) is 0 Å². The average Bonchev–Trinajstić information content (AvgIpc) is 2.88. The fourth-order valence-corrected chi connectivity index (χ4v) is 5.69. The molecule has 2 aromatic rings. The van der Waals surface area contributed by atoms with Gasteiger partial charge in [0.1, 0.15) is 5.75 Å². The molecule has 2 aromatic carbocycles. The molecule has 2 aliphatic heterocycles. The van der Waals surface area contributed by atoms with Gasteiger partial charge in [0, 0.05) is 38.4 Å². The van der Waals surface area contributed by atoms with Crippen molar-refractivity contribution in [1.82, 2.24) is 9.62 Å². The van der Waals surface area contributed by atoms with Gasteiger partial charge in [-0.1, -0.05) is 19.1 Å². The highest BCUT2D eigenvalue weighted by Crippen LogP contribution is 2.27. The Balaban J connectivity index is 1.45. The van der Waals surface area contributed by atoms with E-state index < -0.39 is 10.0 Å². The molecule has 4 rings (SSSR count). The number of amides is 1. The lowest BCUT2D eigenvalue weighted by Gasteiger charge is -2.30. The molecule has 0 unspecified atom stereocenters. The Bertz CT molecular complexity index is 1090. The van der Waals surface area contributed by atoms with Crippen LogP contribution >= 0.6 is 0 Å². The summed E-state index contributed by atoms with van der Waals surface area (Å²) in [6, 6.07) is 12.5. The third-order valence-electron chi connectivity index (χ3n) is 6.91. The molecule has 0 spiro atoms. The maximum atomic E-state index is 13.1. The van der Waals surface area contributed by atoms with Crippen LogP contribution in [-0.4, -0.2) is 52.5 Å². The summed E-state index contributed by atoms with van der Waals surface area (Å²) in [5, 5.41) is 0. The molecule has 0 aromatic heterocycles. The number of rotatable bonds is 7. The second-order valence-corrected chi connectivity index (χ2v) is 11.1. The zero-order valence-electron chi connectivity index (χ0n) is 20.1. The van der Waals surface area contributed by atoms with Gasteiger partial charge in [0.2, 0.25) is 10.0 Å². The van der Waals surface area contributed by atoms with E-state index in [1.165, 1.54) is 44.2 Å². The lowest BCUT2D eigenvalue weighted by atomic mass is 9.98. The summed E-state index contributed by atoms with van der Waals surface area (Å²) >= 11 is 0. The molecule has 2 aliphatic rings. The van der Waals surface area contributed by atoms with Crippen molar-refractivity contribution in [2.24, 2.45) is 5.92 Å². The lowest BCUT2D eigenvalue weighted by molar-refractivity contribution is 0.0693. The molecular weight excluding hydrogens is 450 g/mol. The number of likely N-dealkylation sites (tertiary alicyclic amines) is 1. The SMILES string of the molecule is COc1ccc(S(=O)(=O)NCc2ccc(N3CCCCC3)cc2)cc1C(=O)N1CCC(C)CC1. The van der Waals surface area contributed by atoms with Gasteiger partial charge in [0.05, 0.1) is 17.6 Å². The fraction of sp³-hybridized carbons (Fsp3) is 0.500. The third-order valence-corrected chi connectivity index (χ3v) is 8.31. The number of hydrogen-bond donors (Lipinski definition) is 1. The molecule has 1 N–H and O–H groups in total. The van der Waals surface area contributed by atoms with Crippen molar-refractivity contribution >= 4 is 21.6 Å². The Hall–Kier alpha value is -2.58. The number of benzene rings is 2. The van der Waals surface area contributed by atoms with E-state index in [1.54, 1.807) is 11.0 Å². The molecular formula is C26H35N3O4S. The third kappa shape index (κ3) is 5.73. The second kappa shape index (κ2) is 10.8. The monoisotopic (exact) mass is 485 g/mol. The molecule has 34 heavy (non-hydrogen) atoms. The molecule has 2 heterocycles. The molecule has 0 bridgehead atoms. The van der Waals surface area contributed by atoms with Gasteiger partial charge in [-0.3, -0.25) is 4.79 Å². The molecule has 1 amide bonds. The summed E-state index contributed by atoms with van der Waals surface area (Å²) in [5.41, 5.74) is 2.35. The lowest BCUT2D eigenvalue weighted by Crippen LogP contribution is -2.38. The van der Waals surface area contributed by atoms with Gasteiger partial charge < -0.3 is 14.5 Å². The maximum absolute atomic E-state index is 13.1. The number of hydrogen-bond acceptors (Lipinski definition) is 5. The number of methoxy groups -OCH3 is 1. The van der Waals surface area contributed by atoms with E-state index in [0.29, 0.717) is 24.8 Å². The predicted octanol–water partition coefficient (Wildman–Crippen LogP) is 4.04. The van der Waals surface area contributed by atoms with Crippen LogP contribution in [0.3, 0.4) is 0 Å². The van der Waals surface area contributed by atoms with E-state index >= 15 is 0 Å². The molecule has 2 saturated heterocycles. The van der Waals surface area contributed by atoms with E-state index in [1.807, 2.05) is 12.1 Å². The number of carbonyl (C=O) groups is 1. The fourth-order valence-electron chi connectivity index (χ4n) is 4.64. The van der Waals surface area contributed by atoms with Crippen molar-refractivity contribution < 1.29 is 17.9 Å². The number of carbonyl (C=O) groups excluding carboxylic acids is 1. The Kier molecular flexibility index (Phi) is 7.78. The minimum atomic E-state index is -3.80. The van der Waals surface area contributed by atoms with Gasteiger partial charge in [-0.2, -0.15) is 0 Å². The normalized spacial score (nSPS) is 17.6. The van der Waals surface area contributed by atoms with E-state index in [4.69, 9.17) is 4.74 Å². The Morgan fingerprint density at radius 3 is 2.32 bits per heavy atom. The first-order valence-corrected chi connectivity index (χ1v) is 13.7. The summed E-state index contributed by atoms with van der Waals surface area (Å²) in [4.78, 5) is 17.4. The highest BCUT2D eigenvalue weighted by molar-refractivity contribution is 7.89. The van der Waals surface area contributed by atoms with Gasteiger partial charge in [-0.25, -0.2) is 13.1 Å². The van der Waals surface area contributed by atoms with E-state index in [2.05, 4.69) is 28.7 Å². The highest BCUT2D eigenvalue weighted by Gasteiger charge is 2.26. The van der Waals surface area contributed by atoms with Crippen molar-refractivity contribution in [2.75, 3.05) is 38.2 Å². The van der Waals surface area contributed by atoms with Crippen molar-refractivity contribution in [1.29, 1.82) is 0 Å². The zero-order chi connectivity index (χ0) is 24.1. The topological polar surface area (TPSA) is 79.0 Å². The quantitative estimate of drug-likeness (QED) is 0.641. The van der Waals surface area contributed by atoms with Crippen LogP contribution in [0.2, 0.25) is 0 Å². The number of ether oxygens (including phenoxy) is 1. The summed E-state index contributed by atoms with van der Waals surface area (Å²) in [6.45, 7) is 5.85. The van der Waals surface area contributed by atoms with Crippen molar-refractivity contribution in [2.45, 2.75) is 50.5 Å². The number of nitrogens with one attached hydrogen (secondary N) is 1. The van der Waals surface area contributed by atoms with E-state index in [9.17, 15) is 13.2 Å². The van der Waals surface area contributed by atoms with E-state index in [0.717, 1.165) is 31.5 Å². The molecule has 8 heteroatoms. The Labute approximate surface area is 203 Å². The minimum absolute atomic E-state index is 0.0620.